The number of carbonyl (C=O) groups is 1. The van der Waals surface area contributed by atoms with E-state index in [0.717, 1.165) is 0 Å². The average molecular weight is 278 g/mol. The third-order valence-corrected chi connectivity index (χ3v) is 2.78. The van der Waals surface area contributed by atoms with Crippen LogP contribution in [0.25, 0.3) is 0 Å². The van der Waals surface area contributed by atoms with Crippen LogP contribution in [-0.4, -0.2) is 36.7 Å². The zero-order valence-electron chi connectivity index (χ0n) is 9.24. The van der Waals surface area contributed by atoms with Crippen molar-refractivity contribution in [2.75, 3.05) is 24.9 Å². The van der Waals surface area contributed by atoms with Crippen molar-refractivity contribution in [1.29, 1.82) is 0 Å². The number of halogens is 2. The summed E-state index contributed by atoms with van der Waals surface area (Å²) < 4.78 is 4.64. The van der Waals surface area contributed by atoms with Crippen LogP contribution in [0, 0.1) is 0 Å². The van der Waals surface area contributed by atoms with Crippen molar-refractivity contribution in [2.45, 2.75) is 6.10 Å². The van der Waals surface area contributed by atoms with Gasteiger partial charge in [0.15, 0.2) is 0 Å². The van der Waals surface area contributed by atoms with Gasteiger partial charge in [0.25, 0.3) is 0 Å². The Morgan fingerprint density at radius 1 is 1.59 bits per heavy atom. The van der Waals surface area contributed by atoms with Gasteiger partial charge >= 0.3 is 5.97 Å². The van der Waals surface area contributed by atoms with E-state index >= 15 is 0 Å². The summed E-state index contributed by atoms with van der Waals surface area (Å²) >= 11 is 11.4. The van der Waals surface area contributed by atoms with Crippen LogP contribution in [0.5, 0.6) is 0 Å². The first-order chi connectivity index (χ1) is 8.10. The van der Waals surface area contributed by atoms with Crippen LogP contribution in [0.1, 0.15) is 10.4 Å². The zero-order chi connectivity index (χ0) is 12.8. The number of ether oxygens (including phenoxy) is 1. The number of hydrogen-bond donors (Lipinski definition) is 2. The van der Waals surface area contributed by atoms with Crippen LogP contribution in [-0.2, 0) is 4.74 Å². The molecule has 0 bridgehead atoms. The summed E-state index contributed by atoms with van der Waals surface area (Å²) in [6.45, 7) is 0.230. The van der Waals surface area contributed by atoms with E-state index in [-0.39, 0.29) is 18.0 Å². The standard InChI is InChI=1S/C11H13Cl2NO3/c1-17-11(16)10-8(13)3-2-4-9(10)14-6-7(15)5-12/h2-4,7,14-15H,5-6H2,1H3. The Balaban J connectivity index is 2.91. The summed E-state index contributed by atoms with van der Waals surface area (Å²) in [6.07, 6.45) is -0.693. The zero-order valence-corrected chi connectivity index (χ0v) is 10.8. The molecule has 0 aliphatic rings. The molecule has 0 amide bonds. The van der Waals surface area contributed by atoms with E-state index in [9.17, 15) is 9.90 Å². The lowest BCUT2D eigenvalue weighted by molar-refractivity contribution is 0.0602. The molecule has 94 valence electrons. The quantitative estimate of drug-likeness (QED) is 0.640. The third-order valence-electron chi connectivity index (χ3n) is 2.11. The number of rotatable bonds is 5. The highest BCUT2D eigenvalue weighted by Crippen LogP contribution is 2.25. The Kier molecular flexibility index (Phi) is 5.55. The number of methoxy groups -OCH3 is 1. The molecule has 1 unspecified atom stereocenters. The van der Waals surface area contributed by atoms with Gasteiger partial charge in [0.05, 0.1) is 29.8 Å². The highest BCUT2D eigenvalue weighted by molar-refractivity contribution is 6.34. The number of alkyl halides is 1. The number of aliphatic hydroxyl groups excluding tert-OH is 1. The fourth-order valence-electron chi connectivity index (χ4n) is 1.26. The maximum absolute atomic E-state index is 11.5. The molecular weight excluding hydrogens is 265 g/mol. The summed E-state index contributed by atoms with van der Waals surface area (Å²) in [7, 11) is 1.28. The predicted molar refractivity (Wildman–Crippen MR) is 68.0 cm³/mol. The van der Waals surface area contributed by atoms with Crippen LogP contribution in [0.3, 0.4) is 0 Å². The average Bonchev–Trinajstić information content (AvgIpc) is 2.35. The van der Waals surface area contributed by atoms with E-state index in [4.69, 9.17) is 23.2 Å². The van der Waals surface area contributed by atoms with E-state index < -0.39 is 12.1 Å². The molecule has 0 aliphatic heterocycles. The summed E-state index contributed by atoms with van der Waals surface area (Å²) in [5.41, 5.74) is 0.756. The Hall–Kier alpha value is -0.970. The molecule has 4 nitrogen and oxygen atoms in total. The van der Waals surface area contributed by atoms with Crippen molar-refractivity contribution in [3.63, 3.8) is 0 Å². The minimum Gasteiger partial charge on any atom is -0.465 e. The molecule has 0 saturated heterocycles. The number of aliphatic hydroxyl groups is 1. The van der Waals surface area contributed by atoms with Crippen molar-refractivity contribution in [1.82, 2.24) is 0 Å². The fourth-order valence-corrected chi connectivity index (χ4v) is 1.62. The topological polar surface area (TPSA) is 58.6 Å². The number of anilines is 1. The van der Waals surface area contributed by atoms with Gasteiger partial charge < -0.3 is 15.2 Å². The second-order valence-electron chi connectivity index (χ2n) is 3.34. The second kappa shape index (κ2) is 6.69. The first-order valence-electron chi connectivity index (χ1n) is 4.95. The van der Waals surface area contributed by atoms with Crippen molar-refractivity contribution < 1.29 is 14.6 Å². The van der Waals surface area contributed by atoms with Gasteiger partial charge in [-0.1, -0.05) is 17.7 Å². The number of nitrogens with one attached hydrogen (secondary N) is 1. The molecule has 2 N–H and O–H groups in total. The molecule has 1 aromatic rings. The maximum atomic E-state index is 11.5. The lowest BCUT2D eigenvalue weighted by Gasteiger charge is -2.13. The minimum atomic E-state index is -0.693. The van der Waals surface area contributed by atoms with Gasteiger partial charge in [-0.2, -0.15) is 0 Å². The van der Waals surface area contributed by atoms with E-state index in [1.807, 2.05) is 0 Å². The Labute approximate surface area is 109 Å². The number of esters is 1. The van der Waals surface area contributed by atoms with Crippen molar-refractivity contribution in [2.24, 2.45) is 0 Å². The van der Waals surface area contributed by atoms with Gasteiger partial charge in [-0.25, -0.2) is 4.79 Å². The van der Waals surface area contributed by atoms with Gasteiger partial charge in [-0.05, 0) is 12.1 Å². The number of carbonyl (C=O) groups excluding carboxylic acids is 1. The van der Waals surface area contributed by atoms with Gasteiger partial charge in [-0.3, -0.25) is 0 Å². The molecule has 0 fully saturated rings. The molecule has 0 radical (unpaired) electrons. The summed E-state index contributed by atoms with van der Waals surface area (Å²) in [5.74, 6) is -0.417. The molecule has 0 heterocycles. The van der Waals surface area contributed by atoms with Gasteiger partial charge in [0.1, 0.15) is 5.56 Å². The van der Waals surface area contributed by atoms with Crippen LogP contribution < -0.4 is 5.32 Å². The normalized spacial score (nSPS) is 12.0. The van der Waals surface area contributed by atoms with Crippen molar-refractivity contribution in [3.8, 4) is 0 Å². The Morgan fingerprint density at radius 3 is 2.88 bits per heavy atom. The maximum Gasteiger partial charge on any atom is 0.341 e. The third kappa shape index (κ3) is 3.77. The van der Waals surface area contributed by atoms with E-state index in [1.165, 1.54) is 7.11 Å². The monoisotopic (exact) mass is 277 g/mol. The molecule has 0 aliphatic carbocycles. The van der Waals surface area contributed by atoms with Gasteiger partial charge in [-0.15, -0.1) is 11.6 Å². The van der Waals surface area contributed by atoms with Crippen LogP contribution in [0.4, 0.5) is 5.69 Å². The molecular formula is C11H13Cl2NO3. The minimum absolute atomic E-state index is 0.112. The summed E-state index contributed by atoms with van der Waals surface area (Å²) in [4.78, 5) is 11.5. The molecule has 0 spiro atoms. The lowest BCUT2D eigenvalue weighted by atomic mass is 10.1. The Morgan fingerprint density at radius 2 is 2.29 bits per heavy atom. The Bertz CT molecular complexity index is 398. The van der Waals surface area contributed by atoms with E-state index in [2.05, 4.69) is 10.1 Å². The second-order valence-corrected chi connectivity index (χ2v) is 4.06. The fraction of sp³-hybridized carbons (Fsp3) is 0.364. The largest absolute Gasteiger partial charge is 0.465 e. The lowest BCUT2D eigenvalue weighted by Crippen LogP contribution is -2.22. The first-order valence-corrected chi connectivity index (χ1v) is 5.86. The predicted octanol–water partition coefficient (Wildman–Crippen LogP) is 2.14. The van der Waals surface area contributed by atoms with Crippen LogP contribution in [0.2, 0.25) is 5.02 Å². The molecule has 1 atom stereocenters. The molecule has 0 aromatic heterocycles. The van der Waals surface area contributed by atoms with Gasteiger partial charge in [0.2, 0.25) is 0 Å². The first kappa shape index (κ1) is 14.1. The van der Waals surface area contributed by atoms with Crippen LogP contribution in [0.15, 0.2) is 18.2 Å². The van der Waals surface area contributed by atoms with Crippen molar-refractivity contribution in [3.05, 3.63) is 28.8 Å². The van der Waals surface area contributed by atoms with Gasteiger partial charge in [0, 0.05) is 6.54 Å². The highest BCUT2D eigenvalue weighted by atomic mass is 35.5. The number of benzene rings is 1. The summed E-state index contributed by atoms with van der Waals surface area (Å²) in [6, 6.07) is 4.97. The molecule has 0 saturated carbocycles. The van der Waals surface area contributed by atoms with Crippen molar-refractivity contribution >= 4 is 34.9 Å². The molecule has 6 heteroatoms. The molecule has 1 rings (SSSR count). The smallest absolute Gasteiger partial charge is 0.341 e. The summed E-state index contributed by atoms with van der Waals surface area (Å²) in [5, 5.41) is 12.5. The highest BCUT2D eigenvalue weighted by Gasteiger charge is 2.16. The molecule has 17 heavy (non-hydrogen) atoms. The number of hydrogen-bond acceptors (Lipinski definition) is 4. The van der Waals surface area contributed by atoms with Crippen LogP contribution >= 0.6 is 23.2 Å². The van der Waals surface area contributed by atoms with E-state index in [1.54, 1.807) is 18.2 Å². The molecule has 1 aromatic carbocycles. The van der Waals surface area contributed by atoms with E-state index in [0.29, 0.717) is 10.7 Å². The SMILES string of the molecule is COC(=O)c1c(Cl)cccc1NCC(O)CCl.